The second kappa shape index (κ2) is 17.2. The number of aliphatic hydroxyl groups is 1. The molecule has 0 spiro atoms. The molecule has 50 heavy (non-hydrogen) atoms. The SMILES string of the molecule is Cc1cc(OCc2cccc(-c3cccc(/C=C/CCN4CCC(F)(F)C4)c3C)c2C)c(Cl)cc1CN[C@@H](CO)C(=O)OCc1ccccc1. The van der Waals surface area contributed by atoms with Crippen LogP contribution in [0, 0.1) is 20.8 Å². The van der Waals surface area contributed by atoms with Crippen molar-refractivity contribution < 1.29 is 28.2 Å². The maximum Gasteiger partial charge on any atom is 0.325 e. The molecule has 264 valence electrons. The number of alkyl halides is 2. The number of nitrogens with zero attached hydrogens (tertiary/aromatic N) is 1. The summed E-state index contributed by atoms with van der Waals surface area (Å²) in [6, 6.07) is 24.6. The largest absolute Gasteiger partial charge is 0.487 e. The number of carbonyl (C=O) groups is 1. The smallest absolute Gasteiger partial charge is 0.325 e. The molecule has 4 aromatic rings. The molecule has 9 heteroatoms. The van der Waals surface area contributed by atoms with Gasteiger partial charge in [0, 0.05) is 26.1 Å². The first-order chi connectivity index (χ1) is 24.0. The molecular formula is C41H45ClF2N2O4. The van der Waals surface area contributed by atoms with Crippen LogP contribution in [0.25, 0.3) is 17.2 Å². The first kappa shape index (κ1) is 37.2. The Morgan fingerprint density at radius 1 is 0.980 bits per heavy atom. The summed E-state index contributed by atoms with van der Waals surface area (Å²) in [6.07, 6.45) is 4.82. The molecule has 0 unspecified atom stereocenters. The van der Waals surface area contributed by atoms with Crippen molar-refractivity contribution in [1.29, 1.82) is 0 Å². The molecule has 0 aliphatic carbocycles. The van der Waals surface area contributed by atoms with Gasteiger partial charge in [0.25, 0.3) is 5.92 Å². The van der Waals surface area contributed by atoms with Gasteiger partial charge in [-0.3, -0.25) is 15.0 Å². The van der Waals surface area contributed by atoms with Gasteiger partial charge >= 0.3 is 5.97 Å². The first-order valence-electron chi connectivity index (χ1n) is 17.0. The van der Waals surface area contributed by atoms with Gasteiger partial charge in [-0.25, -0.2) is 8.78 Å². The van der Waals surface area contributed by atoms with Crippen molar-refractivity contribution in [3.8, 4) is 16.9 Å². The third kappa shape index (κ3) is 9.79. The van der Waals surface area contributed by atoms with Crippen LogP contribution in [0.4, 0.5) is 8.78 Å². The lowest BCUT2D eigenvalue weighted by Gasteiger charge is -2.18. The lowest BCUT2D eigenvalue weighted by molar-refractivity contribution is -0.148. The topological polar surface area (TPSA) is 71.0 Å². The number of likely N-dealkylation sites (tertiary alicyclic amines) is 1. The van der Waals surface area contributed by atoms with E-state index in [1.807, 2.05) is 72.5 Å². The van der Waals surface area contributed by atoms with Crippen LogP contribution in [0.3, 0.4) is 0 Å². The number of halogens is 3. The number of aryl methyl sites for hydroxylation is 1. The monoisotopic (exact) mass is 702 g/mol. The number of benzene rings is 4. The van der Waals surface area contributed by atoms with Crippen LogP contribution in [-0.2, 0) is 29.3 Å². The predicted molar refractivity (Wildman–Crippen MR) is 195 cm³/mol. The second-order valence-electron chi connectivity index (χ2n) is 12.9. The molecule has 1 saturated heterocycles. The van der Waals surface area contributed by atoms with Crippen molar-refractivity contribution in [2.45, 2.75) is 65.3 Å². The molecule has 5 rings (SSSR count). The molecule has 1 aliphatic heterocycles. The number of rotatable bonds is 15. The molecular weight excluding hydrogens is 658 g/mol. The van der Waals surface area contributed by atoms with Crippen molar-refractivity contribution in [3.05, 3.63) is 129 Å². The lowest BCUT2D eigenvalue weighted by atomic mass is 9.91. The van der Waals surface area contributed by atoms with E-state index in [0.29, 0.717) is 37.0 Å². The van der Waals surface area contributed by atoms with E-state index in [1.165, 1.54) is 0 Å². The third-order valence-electron chi connectivity index (χ3n) is 9.27. The van der Waals surface area contributed by atoms with Gasteiger partial charge in [-0.1, -0.05) is 90.5 Å². The number of ether oxygens (including phenoxy) is 2. The minimum atomic E-state index is -2.56. The van der Waals surface area contributed by atoms with Gasteiger partial charge in [0.1, 0.15) is 25.0 Å². The van der Waals surface area contributed by atoms with Gasteiger partial charge in [-0.05, 0) is 89.4 Å². The van der Waals surface area contributed by atoms with E-state index in [1.54, 1.807) is 0 Å². The second-order valence-corrected chi connectivity index (χ2v) is 13.3. The fourth-order valence-electron chi connectivity index (χ4n) is 6.16. The molecule has 4 aromatic carbocycles. The molecule has 1 aliphatic rings. The Morgan fingerprint density at radius 2 is 1.72 bits per heavy atom. The highest BCUT2D eigenvalue weighted by Gasteiger charge is 2.37. The Kier molecular flexibility index (Phi) is 12.8. The summed E-state index contributed by atoms with van der Waals surface area (Å²) < 4.78 is 38.6. The fourth-order valence-corrected chi connectivity index (χ4v) is 6.40. The Balaban J connectivity index is 1.19. The van der Waals surface area contributed by atoms with Gasteiger partial charge in [-0.15, -0.1) is 0 Å². The van der Waals surface area contributed by atoms with Crippen LogP contribution in [0.1, 0.15) is 51.8 Å². The Hall–Kier alpha value is -4.08. The van der Waals surface area contributed by atoms with E-state index < -0.39 is 24.5 Å². The highest BCUT2D eigenvalue weighted by atomic mass is 35.5. The summed E-state index contributed by atoms with van der Waals surface area (Å²) in [5, 5.41) is 13.3. The van der Waals surface area contributed by atoms with E-state index >= 15 is 0 Å². The Bertz CT molecular complexity index is 1800. The zero-order valence-electron chi connectivity index (χ0n) is 28.9. The van der Waals surface area contributed by atoms with Crippen LogP contribution < -0.4 is 10.1 Å². The summed E-state index contributed by atoms with van der Waals surface area (Å²) in [5.41, 5.74) is 9.29. The van der Waals surface area contributed by atoms with Crippen molar-refractivity contribution in [1.82, 2.24) is 10.2 Å². The third-order valence-corrected chi connectivity index (χ3v) is 9.57. The molecule has 6 nitrogen and oxygen atoms in total. The minimum Gasteiger partial charge on any atom is -0.487 e. The van der Waals surface area contributed by atoms with Crippen LogP contribution in [-0.4, -0.2) is 54.2 Å². The van der Waals surface area contributed by atoms with Crippen LogP contribution in [0.5, 0.6) is 5.75 Å². The minimum absolute atomic E-state index is 0.0541. The normalized spacial score (nSPS) is 15.0. The van der Waals surface area contributed by atoms with Crippen molar-refractivity contribution in [2.75, 3.05) is 26.2 Å². The van der Waals surface area contributed by atoms with Gasteiger partial charge in [0.05, 0.1) is 18.2 Å². The first-order valence-corrected chi connectivity index (χ1v) is 17.3. The summed E-state index contributed by atoms with van der Waals surface area (Å²) in [7, 11) is 0. The average molecular weight is 703 g/mol. The van der Waals surface area contributed by atoms with Gasteiger partial charge in [0.2, 0.25) is 0 Å². The standard InChI is InChI=1S/C41H45ClF2N2O4/c1-28-21-39(37(42)22-34(28)23-45-38(24-47)40(48)50-25-31-11-5-4-6-12-31)49-26-33-15-10-17-36(30(33)3)35-16-9-14-32(29(35)2)13-7-8-19-46-20-18-41(43,44)27-46/h4-7,9-17,21-22,38,45,47H,8,18-20,23-27H2,1-3H3/b13-7+/t38-/m0/s1. The van der Waals surface area contributed by atoms with Crippen molar-refractivity contribution >= 4 is 23.6 Å². The summed E-state index contributed by atoms with van der Waals surface area (Å²) >= 11 is 6.67. The molecule has 0 radical (unpaired) electrons. The van der Waals surface area contributed by atoms with Gasteiger partial charge in [0.15, 0.2) is 0 Å². The molecule has 0 saturated carbocycles. The number of hydrogen-bond donors (Lipinski definition) is 2. The Labute approximate surface area is 298 Å². The van der Waals surface area contributed by atoms with Crippen molar-refractivity contribution in [3.63, 3.8) is 0 Å². The molecule has 1 fully saturated rings. The Morgan fingerprint density at radius 3 is 2.44 bits per heavy atom. The summed E-state index contributed by atoms with van der Waals surface area (Å²) in [5.74, 6) is -2.53. The molecule has 1 heterocycles. The van der Waals surface area contributed by atoms with E-state index in [0.717, 1.165) is 56.5 Å². The molecule has 0 aromatic heterocycles. The van der Waals surface area contributed by atoms with Gasteiger partial charge in [-0.2, -0.15) is 0 Å². The number of esters is 1. The maximum absolute atomic E-state index is 13.5. The number of carbonyl (C=O) groups excluding carboxylic acids is 1. The van der Waals surface area contributed by atoms with Crippen molar-refractivity contribution in [2.24, 2.45) is 0 Å². The van der Waals surface area contributed by atoms with E-state index in [-0.39, 0.29) is 19.6 Å². The summed E-state index contributed by atoms with van der Waals surface area (Å²) in [4.78, 5) is 14.4. The predicted octanol–water partition coefficient (Wildman–Crippen LogP) is 8.45. The maximum atomic E-state index is 13.5. The molecule has 0 bridgehead atoms. The fraction of sp³-hybridized carbons (Fsp3) is 0.341. The number of aliphatic hydroxyl groups excluding tert-OH is 1. The average Bonchev–Trinajstić information content (AvgIpc) is 3.46. The van der Waals surface area contributed by atoms with Gasteiger partial charge < -0.3 is 14.6 Å². The zero-order chi connectivity index (χ0) is 35.7. The molecule has 0 amide bonds. The quantitative estimate of drug-likeness (QED) is 0.121. The lowest BCUT2D eigenvalue weighted by Crippen LogP contribution is -2.40. The number of hydrogen-bond acceptors (Lipinski definition) is 6. The number of nitrogens with one attached hydrogen (secondary N) is 1. The molecule has 1 atom stereocenters. The van der Waals surface area contributed by atoms with E-state index in [9.17, 15) is 18.7 Å². The van der Waals surface area contributed by atoms with Crippen LogP contribution in [0.2, 0.25) is 5.02 Å². The highest BCUT2D eigenvalue weighted by Crippen LogP contribution is 2.33. The molecule has 2 N–H and O–H groups in total. The van der Waals surface area contributed by atoms with Crippen LogP contribution >= 0.6 is 11.6 Å². The van der Waals surface area contributed by atoms with Crippen LogP contribution in [0.15, 0.2) is 84.9 Å². The summed E-state index contributed by atoms with van der Waals surface area (Å²) in [6.45, 7) is 7.44. The zero-order valence-corrected chi connectivity index (χ0v) is 29.6. The van der Waals surface area contributed by atoms with E-state index in [2.05, 4.69) is 49.5 Å². The highest BCUT2D eigenvalue weighted by molar-refractivity contribution is 6.32. The van der Waals surface area contributed by atoms with E-state index in [4.69, 9.17) is 21.1 Å².